The molecule has 12 heteroatoms. The lowest BCUT2D eigenvalue weighted by molar-refractivity contribution is -0.384. The van der Waals surface area contributed by atoms with Crippen molar-refractivity contribution in [3.63, 3.8) is 0 Å². The van der Waals surface area contributed by atoms with Crippen molar-refractivity contribution < 1.29 is 33.8 Å². The highest BCUT2D eigenvalue weighted by molar-refractivity contribution is 6.06. The number of esters is 1. The van der Waals surface area contributed by atoms with Crippen molar-refractivity contribution in [3.05, 3.63) is 64.2 Å². The molecule has 0 saturated carbocycles. The number of nitro groups is 1. The Kier molecular flexibility index (Phi) is 9.92. The summed E-state index contributed by atoms with van der Waals surface area (Å²) in [5.74, 6) is -2.05. The number of aliphatic imine (C=N–C) groups is 2. The van der Waals surface area contributed by atoms with Crippen molar-refractivity contribution in [2.45, 2.75) is 56.8 Å². The molecule has 2 heterocycles. The third kappa shape index (κ3) is 7.26. The number of non-ortho nitro benzene ring substituents is 1. The van der Waals surface area contributed by atoms with Gasteiger partial charge in [-0.05, 0) is 44.9 Å². The van der Waals surface area contributed by atoms with E-state index in [0.29, 0.717) is 29.2 Å². The highest BCUT2D eigenvalue weighted by Gasteiger charge is 2.51. The first-order valence-electron chi connectivity index (χ1n) is 14.1. The molecular weight excluding hydrogens is 556 g/mol. The summed E-state index contributed by atoms with van der Waals surface area (Å²) in [5, 5.41) is 25.4. The minimum Gasteiger partial charge on any atom is -0.493 e. The number of rotatable bonds is 12. The fraction of sp³-hybridized carbons (Fsp3) is 0.484. The van der Waals surface area contributed by atoms with Crippen molar-refractivity contribution in [1.82, 2.24) is 5.32 Å². The summed E-state index contributed by atoms with van der Waals surface area (Å²) >= 11 is 0. The lowest BCUT2D eigenvalue weighted by atomic mass is 9.66. The van der Waals surface area contributed by atoms with Crippen LogP contribution in [0.25, 0.3) is 0 Å². The lowest BCUT2D eigenvalue weighted by Crippen LogP contribution is -2.53. The summed E-state index contributed by atoms with van der Waals surface area (Å²) in [5.41, 5.74) is 0.220. The quantitative estimate of drug-likeness (QED) is 0.214. The number of carbonyl (C=O) groups excluding carboxylic acids is 2. The normalized spacial score (nSPS) is 24.0. The van der Waals surface area contributed by atoms with Crippen LogP contribution in [0.15, 0.2) is 58.5 Å². The van der Waals surface area contributed by atoms with E-state index in [2.05, 4.69) is 15.3 Å². The molecule has 230 valence electrons. The predicted octanol–water partition coefficient (Wildman–Crippen LogP) is 3.16. The number of nitro benzene ring substituents is 1. The molecule has 0 saturated heterocycles. The first kappa shape index (κ1) is 31.8. The number of β-amino-alcohol motifs (C(OH)–C–C–N with tert-alkyl or cyclic N) is 1. The number of methoxy groups -OCH3 is 2. The van der Waals surface area contributed by atoms with Gasteiger partial charge in [-0.2, -0.15) is 0 Å². The third-order valence-electron chi connectivity index (χ3n) is 7.93. The number of hydrogen-bond acceptors (Lipinski definition) is 11. The van der Waals surface area contributed by atoms with E-state index in [1.54, 1.807) is 44.5 Å². The monoisotopic (exact) mass is 594 g/mol. The van der Waals surface area contributed by atoms with Gasteiger partial charge in [-0.15, -0.1) is 0 Å². The number of carbonyl (C=O) groups is 2. The average molecular weight is 595 g/mol. The van der Waals surface area contributed by atoms with Crippen molar-refractivity contribution in [1.29, 1.82) is 0 Å². The summed E-state index contributed by atoms with van der Waals surface area (Å²) in [7, 11) is 2.81. The molecule has 0 fully saturated rings. The van der Waals surface area contributed by atoms with Gasteiger partial charge in [0.1, 0.15) is 24.7 Å². The number of Topliss-reactive ketones (excluding diaryl/α,β-unsaturated/α-hetero) is 1. The first-order valence-corrected chi connectivity index (χ1v) is 14.1. The smallest absolute Gasteiger partial charge is 0.315 e. The van der Waals surface area contributed by atoms with E-state index in [1.807, 2.05) is 26.0 Å². The van der Waals surface area contributed by atoms with Gasteiger partial charge in [0.25, 0.3) is 5.69 Å². The van der Waals surface area contributed by atoms with Gasteiger partial charge >= 0.3 is 5.97 Å². The number of ether oxygens (including phenoxy) is 3. The molecule has 2 aromatic rings. The molecule has 12 nitrogen and oxygen atoms in total. The fourth-order valence-corrected chi connectivity index (χ4v) is 5.81. The molecule has 2 aliphatic heterocycles. The van der Waals surface area contributed by atoms with Crippen molar-refractivity contribution >= 4 is 29.4 Å². The van der Waals surface area contributed by atoms with E-state index in [0.717, 1.165) is 0 Å². The van der Waals surface area contributed by atoms with E-state index in [1.165, 1.54) is 19.2 Å². The van der Waals surface area contributed by atoms with Crippen LogP contribution < -0.4 is 14.8 Å². The van der Waals surface area contributed by atoms with E-state index in [-0.39, 0.29) is 24.6 Å². The van der Waals surface area contributed by atoms with Gasteiger partial charge in [0.2, 0.25) is 0 Å². The zero-order valence-corrected chi connectivity index (χ0v) is 24.9. The van der Waals surface area contributed by atoms with E-state index < -0.39 is 52.4 Å². The number of aliphatic hydroxyl groups excluding tert-OH is 1. The number of nitrogens with zero attached hydrogens (tertiary/aromatic N) is 3. The van der Waals surface area contributed by atoms with Gasteiger partial charge < -0.3 is 24.6 Å². The molecular formula is C31H38N4O8. The number of aliphatic hydroxyl groups is 1. The SMILES string of the molecule is COC(=O)C1C(C)=NC2C=NC(CC(C)(C)NCC(O)COc3ccccc3OC)C(=O)C2C1c1cccc([N+](=O)[O-])c1. The van der Waals surface area contributed by atoms with Crippen LogP contribution >= 0.6 is 0 Å². The second-order valence-corrected chi connectivity index (χ2v) is 11.5. The van der Waals surface area contributed by atoms with Crippen molar-refractivity contribution in [3.8, 4) is 11.5 Å². The Morgan fingerprint density at radius 2 is 1.86 bits per heavy atom. The Morgan fingerprint density at radius 3 is 2.53 bits per heavy atom. The molecule has 0 aliphatic carbocycles. The number of benzene rings is 2. The second-order valence-electron chi connectivity index (χ2n) is 11.5. The summed E-state index contributed by atoms with van der Waals surface area (Å²) in [4.78, 5) is 47.3. The Balaban J connectivity index is 1.50. The molecule has 0 amide bonds. The van der Waals surface area contributed by atoms with Crippen LogP contribution in [0.4, 0.5) is 5.69 Å². The average Bonchev–Trinajstić information content (AvgIpc) is 2.99. The fourth-order valence-electron chi connectivity index (χ4n) is 5.81. The molecule has 0 spiro atoms. The molecule has 2 aromatic carbocycles. The van der Waals surface area contributed by atoms with Crippen molar-refractivity contribution in [2.75, 3.05) is 27.4 Å². The number of para-hydroxylation sites is 2. The predicted molar refractivity (Wildman–Crippen MR) is 160 cm³/mol. The van der Waals surface area contributed by atoms with Gasteiger partial charge in [0.05, 0.1) is 31.1 Å². The van der Waals surface area contributed by atoms with Gasteiger partial charge in [0.15, 0.2) is 17.3 Å². The molecule has 43 heavy (non-hydrogen) atoms. The molecule has 0 radical (unpaired) electrons. The second kappa shape index (κ2) is 13.4. The Hall–Kier alpha value is -4.16. The van der Waals surface area contributed by atoms with E-state index >= 15 is 0 Å². The van der Waals surface area contributed by atoms with Crippen LogP contribution in [-0.4, -0.2) is 84.8 Å². The number of ketones is 1. The summed E-state index contributed by atoms with van der Waals surface area (Å²) < 4.78 is 16.1. The summed E-state index contributed by atoms with van der Waals surface area (Å²) in [6.07, 6.45) is 1.11. The standard InChI is InChI=1S/C31H38N4O8/c1-18-26(30(38)42-5)27(19-9-8-10-20(13-19)35(39)40)28-23(34-18)16-32-22(29(28)37)14-31(2,3)33-15-21(36)17-43-25-12-7-6-11-24(25)41-4/h6-13,16,21-23,26-28,33,36H,14-15,17H2,1-5H3. The van der Waals surface area contributed by atoms with Gasteiger partial charge in [0, 0.05) is 42.1 Å². The zero-order valence-electron chi connectivity index (χ0n) is 24.9. The summed E-state index contributed by atoms with van der Waals surface area (Å²) in [6, 6.07) is 11.8. The largest absolute Gasteiger partial charge is 0.493 e. The topological polar surface area (TPSA) is 162 Å². The van der Waals surface area contributed by atoms with Crippen LogP contribution in [0.2, 0.25) is 0 Å². The van der Waals surface area contributed by atoms with Crippen LogP contribution in [0.3, 0.4) is 0 Å². The summed E-state index contributed by atoms with van der Waals surface area (Å²) in [6.45, 7) is 5.75. The maximum absolute atomic E-state index is 14.1. The maximum Gasteiger partial charge on any atom is 0.315 e. The Bertz CT molecular complexity index is 1410. The molecule has 6 unspecified atom stereocenters. The highest BCUT2D eigenvalue weighted by Crippen LogP contribution is 2.44. The number of nitrogens with one attached hydrogen (secondary N) is 1. The minimum absolute atomic E-state index is 0.0326. The zero-order chi connectivity index (χ0) is 31.3. The van der Waals surface area contributed by atoms with Crippen molar-refractivity contribution in [2.24, 2.45) is 21.8 Å². The molecule has 2 aliphatic rings. The van der Waals surface area contributed by atoms with E-state index in [4.69, 9.17) is 14.2 Å². The van der Waals surface area contributed by atoms with Crippen LogP contribution in [0.1, 0.15) is 38.7 Å². The maximum atomic E-state index is 14.1. The van der Waals surface area contributed by atoms with Crippen LogP contribution in [0, 0.1) is 22.0 Å². The molecule has 4 rings (SSSR count). The lowest BCUT2D eigenvalue weighted by Gasteiger charge is -2.42. The Labute approximate surface area is 250 Å². The van der Waals surface area contributed by atoms with E-state index in [9.17, 15) is 24.8 Å². The highest BCUT2D eigenvalue weighted by atomic mass is 16.6. The van der Waals surface area contributed by atoms with Gasteiger partial charge in [-0.25, -0.2) is 0 Å². The molecule has 0 aromatic heterocycles. The molecule has 6 atom stereocenters. The van der Waals surface area contributed by atoms with Crippen LogP contribution in [-0.2, 0) is 14.3 Å². The van der Waals surface area contributed by atoms with Crippen LogP contribution in [0.5, 0.6) is 11.5 Å². The first-order chi connectivity index (χ1) is 20.5. The molecule has 2 N–H and O–H groups in total. The Morgan fingerprint density at radius 1 is 1.14 bits per heavy atom. The third-order valence-corrected chi connectivity index (χ3v) is 7.93. The molecule has 0 bridgehead atoms. The number of fused-ring (bicyclic) bond motifs is 1. The number of hydrogen-bond donors (Lipinski definition) is 2. The van der Waals surface area contributed by atoms with Gasteiger partial charge in [-0.1, -0.05) is 24.3 Å². The van der Waals surface area contributed by atoms with Gasteiger partial charge in [-0.3, -0.25) is 29.7 Å². The minimum atomic E-state index is -0.881.